The zero-order valence-corrected chi connectivity index (χ0v) is 15.8. The van der Waals surface area contributed by atoms with Gasteiger partial charge in [0.2, 0.25) is 6.79 Å². The summed E-state index contributed by atoms with van der Waals surface area (Å²) in [7, 11) is 1.99. The fourth-order valence-corrected chi connectivity index (χ4v) is 3.73. The fraction of sp³-hybridized carbons (Fsp3) is 0.400. The van der Waals surface area contributed by atoms with E-state index in [9.17, 15) is 9.59 Å². The topological polar surface area (TPSA) is 84.8 Å². The Kier molecular flexibility index (Phi) is 5.21. The first-order valence-electron chi connectivity index (χ1n) is 9.46. The van der Waals surface area contributed by atoms with E-state index in [0.717, 1.165) is 31.6 Å². The highest BCUT2D eigenvalue weighted by Crippen LogP contribution is 2.34. The number of hydrogen-bond acceptors (Lipinski definition) is 5. The minimum absolute atomic E-state index is 0.0461. The molecule has 0 spiro atoms. The Balaban J connectivity index is 1.37. The van der Waals surface area contributed by atoms with E-state index in [1.165, 1.54) is 0 Å². The van der Waals surface area contributed by atoms with Gasteiger partial charge in [0.1, 0.15) is 0 Å². The van der Waals surface area contributed by atoms with Crippen molar-refractivity contribution >= 4 is 17.5 Å². The lowest BCUT2D eigenvalue weighted by Crippen LogP contribution is -2.41. The largest absolute Gasteiger partial charge is 0.454 e. The highest BCUT2D eigenvalue weighted by molar-refractivity contribution is 6.39. The molecule has 1 aromatic carbocycles. The molecule has 0 aliphatic carbocycles. The molecule has 1 aromatic heterocycles. The third-order valence-electron chi connectivity index (χ3n) is 5.20. The second kappa shape index (κ2) is 7.93. The number of aromatic nitrogens is 1. The van der Waals surface area contributed by atoms with Gasteiger partial charge in [-0.1, -0.05) is 0 Å². The van der Waals surface area contributed by atoms with Gasteiger partial charge >= 0.3 is 11.8 Å². The van der Waals surface area contributed by atoms with Gasteiger partial charge < -0.3 is 24.7 Å². The zero-order chi connectivity index (χ0) is 19.5. The van der Waals surface area contributed by atoms with Crippen LogP contribution in [0.1, 0.15) is 24.6 Å². The number of nitrogens with one attached hydrogen (secondary N) is 2. The summed E-state index contributed by atoms with van der Waals surface area (Å²) in [6.07, 6.45) is 4.30. The molecule has 1 atom stereocenters. The van der Waals surface area contributed by atoms with Gasteiger partial charge in [-0.05, 0) is 50.2 Å². The van der Waals surface area contributed by atoms with Crippen LogP contribution < -0.4 is 20.1 Å². The Morgan fingerprint density at radius 2 is 1.89 bits per heavy atom. The lowest BCUT2D eigenvalue weighted by atomic mass is 10.1. The van der Waals surface area contributed by atoms with Crippen LogP contribution in [0.5, 0.6) is 11.5 Å². The van der Waals surface area contributed by atoms with E-state index in [2.05, 4.69) is 26.2 Å². The zero-order valence-electron chi connectivity index (χ0n) is 15.8. The van der Waals surface area contributed by atoms with Crippen molar-refractivity contribution in [1.29, 1.82) is 0 Å². The molecule has 1 unspecified atom stereocenters. The predicted molar refractivity (Wildman–Crippen MR) is 103 cm³/mol. The summed E-state index contributed by atoms with van der Waals surface area (Å²) in [5, 5.41) is 5.39. The molecule has 0 radical (unpaired) electrons. The molecule has 2 aliphatic heterocycles. The third-order valence-corrected chi connectivity index (χ3v) is 5.20. The number of rotatable bonds is 5. The van der Waals surface area contributed by atoms with Gasteiger partial charge in [-0.2, -0.15) is 0 Å². The summed E-state index contributed by atoms with van der Waals surface area (Å²) in [5.41, 5.74) is 1.61. The summed E-state index contributed by atoms with van der Waals surface area (Å²) in [5.74, 6) is -0.184. The summed E-state index contributed by atoms with van der Waals surface area (Å²) in [6, 6.07) is 9.12. The van der Waals surface area contributed by atoms with Crippen LogP contribution >= 0.6 is 0 Å². The van der Waals surface area contributed by atoms with Crippen molar-refractivity contribution in [3.05, 3.63) is 42.2 Å². The van der Waals surface area contributed by atoms with Crippen molar-refractivity contribution in [1.82, 2.24) is 14.8 Å². The maximum atomic E-state index is 12.4. The summed E-state index contributed by atoms with van der Waals surface area (Å²) >= 11 is 0. The van der Waals surface area contributed by atoms with Crippen molar-refractivity contribution < 1.29 is 19.1 Å². The van der Waals surface area contributed by atoms with Crippen LogP contribution in [0.2, 0.25) is 0 Å². The Morgan fingerprint density at radius 3 is 2.64 bits per heavy atom. The Morgan fingerprint density at radius 1 is 1.11 bits per heavy atom. The van der Waals surface area contributed by atoms with Gasteiger partial charge in [0.05, 0.1) is 6.04 Å². The number of hydrogen-bond donors (Lipinski definition) is 2. The van der Waals surface area contributed by atoms with Crippen LogP contribution in [0.4, 0.5) is 5.69 Å². The molecule has 148 valence electrons. The van der Waals surface area contributed by atoms with Crippen LogP contribution in [0, 0.1) is 0 Å². The summed E-state index contributed by atoms with van der Waals surface area (Å²) < 4.78 is 12.6. The highest BCUT2D eigenvalue weighted by Gasteiger charge is 2.26. The van der Waals surface area contributed by atoms with Gasteiger partial charge in [-0.25, -0.2) is 0 Å². The van der Waals surface area contributed by atoms with Crippen LogP contribution in [-0.4, -0.2) is 47.7 Å². The van der Waals surface area contributed by atoms with E-state index in [1.807, 2.05) is 19.3 Å². The molecule has 1 fully saturated rings. The maximum Gasteiger partial charge on any atom is 0.313 e. The lowest BCUT2D eigenvalue weighted by Gasteiger charge is -2.28. The van der Waals surface area contributed by atoms with Crippen LogP contribution in [0.3, 0.4) is 0 Å². The average Bonchev–Trinajstić information content (AvgIpc) is 3.44. The van der Waals surface area contributed by atoms with Crippen LogP contribution in [0.25, 0.3) is 0 Å². The molecule has 1 saturated heterocycles. The number of amides is 2. The molecule has 3 heterocycles. The molecule has 2 amide bonds. The summed E-state index contributed by atoms with van der Waals surface area (Å²) in [4.78, 5) is 27.0. The number of benzene rings is 1. The predicted octanol–water partition coefficient (Wildman–Crippen LogP) is 1.65. The monoisotopic (exact) mass is 384 g/mol. The Bertz CT molecular complexity index is 873. The number of carbonyl (C=O) groups is 2. The average molecular weight is 384 g/mol. The Labute approximate surface area is 163 Å². The van der Waals surface area contributed by atoms with Crippen molar-refractivity contribution in [2.75, 3.05) is 31.7 Å². The quantitative estimate of drug-likeness (QED) is 0.766. The van der Waals surface area contributed by atoms with Crippen molar-refractivity contribution in [3.8, 4) is 11.5 Å². The molecule has 0 bridgehead atoms. The number of likely N-dealkylation sites (tertiary alicyclic amines) is 1. The molecule has 8 heteroatoms. The maximum absolute atomic E-state index is 12.4. The first kappa shape index (κ1) is 18.4. The van der Waals surface area contributed by atoms with Gasteiger partial charge in [-0.3, -0.25) is 14.5 Å². The molecule has 8 nitrogen and oxygen atoms in total. The first-order chi connectivity index (χ1) is 13.6. The van der Waals surface area contributed by atoms with E-state index in [4.69, 9.17) is 9.47 Å². The third kappa shape index (κ3) is 3.82. The van der Waals surface area contributed by atoms with Gasteiger partial charge in [-0.15, -0.1) is 0 Å². The molecule has 2 aliphatic rings. The van der Waals surface area contributed by atoms with Gasteiger partial charge in [0.15, 0.2) is 11.5 Å². The molecule has 0 saturated carbocycles. The second-order valence-electron chi connectivity index (χ2n) is 7.04. The van der Waals surface area contributed by atoms with Crippen LogP contribution in [-0.2, 0) is 16.6 Å². The minimum atomic E-state index is -0.703. The standard InChI is InChI=1S/C20H24N4O4/c1-23-8-4-5-15(23)16(24-9-2-3-10-24)12-21-19(25)20(26)22-14-6-7-17-18(11-14)28-13-27-17/h4-8,11,16H,2-3,9-10,12-13H2,1H3,(H,21,25)(H,22,26). The first-order valence-corrected chi connectivity index (χ1v) is 9.46. The highest BCUT2D eigenvalue weighted by atomic mass is 16.7. The van der Waals surface area contributed by atoms with E-state index in [-0.39, 0.29) is 12.8 Å². The number of fused-ring (bicyclic) bond motifs is 1. The SMILES string of the molecule is Cn1cccc1C(CNC(=O)C(=O)Nc1ccc2c(c1)OCO2)N1CCCC1. The number of aryl methyl sites for hydroxylation is 1. The van der Waals surface area contributed by atoms with E-state index in [1.54, 1.807) is 18.2 Å². The molecule has 2 N–H and O–H groups in total. The molecule has 4 rings (SSSR count). The molecule has 2 aromatic rings. The Hall–Kier alpha value is -3.00. The number of anilines is 1. The van der Waals surface area contributed by atoms with Crippen molar-refractivity contribution in [3.63, 3.8) is 0 Å². The number of carbonyl (C=O) groups excluding carboxylic acids is 2. The lowest BCUT2D eigenvalue weighted by molar-refractivity contribution is -0.136. The molecule has 28 heavy (non-hydrogen) atoms. The molecular weight excluding hydrogens is 360 g/mol. The van der Waals surface area contributed by atoms with E-state index in [0.29, 0.717) is 23.7 Å². The minimum Gasteiger partial charge on any atom is -0.454 e. The van der Waals surface area contributed by atoms with Gasteiger partial charge in [0.25, 0.3) is 0 Å². The van der Waals surface area contributed by atoms with Crippen LogP contribution in [0.15, 0.2) is 36.5 Å². The van der Waals surface area contributed by atoms with Crippen molar-refractivity contribution in [2.45, 2.75) is 18.9 Å². The van der Waals surface area contributed by atoms with E-state index < -0.39 is 11.8 Å². The summed E-state index contributed by atoms with van der Waals surface area (Å²) in [6.45, 7) is 2.53. The number of nitrogens with zero attached hydrogens (tertiary/aromatic N) is 2. The normalized spacial score (nSPS) is 16.8. The van der Waals surface area contributed by atoms with E-state index >= 15 is 0 Å². The molecular formula is C20H24N4O4. The van der Waals surface area contributed by atoms with Gasteiger partial charge in [0, 0.05) is 37.2 Å². The smallest absolute Gasteiger partial charge is 0.313 e. The number of ether oxygens (including phenoxy) is 2. The van der Waals surface area contributed by atoms with Crippen molar-refractivity contribution in [2.24, 2.45) is 7.05 Å². The second-order valence-corrected chi connectivity index (χ2v) is 7.04. The fourth-order valence-electron chi connectivity index (χ4n) is 3.73.